The molecule has 1 nitrogen and oxygen atoms in total. The second-order valence-electron chi connectivity index (χ2n) is 6.93. The summed E-state index contributed by atoms with van der Waals surface area (Å²) in [4.78, 5) is 2.73. The average molecular weight is 310 g/mol. The minimum atomic E-state index is -1.53. The number of likely N-dealkylation sites (tertiary alicyclic amines) is 1. The van der Waals surface area contributed by atoms with Gasteiger partial charge in [0.15, 0.2) is 0 Å². The van der Waals surface area contributed by atoms with Gasteiger partial charge >= 0.3 is 0 Å². The Morgan fingerprint density at radius 1 is 0.818 bits per heavy atom. The highest BCUT2D eigenvalue weighted by atomic mass is 28.3. The van der Waals surface area contributed by atoms with Crippen molar-refractivity contribution in [1.82, 2.24) is 4.90 Å². The van der Waals surface area contributed by atoms with Crippen LogP contribution in [-0.2, 0) is 6.04 Å². The molecule has 2 aromatic carbocycles. The molecule has 0 N–H and O–H groups in total. The van der Waals surface area contributed by atoms with Crippen LogP contribution in [0.1, 0.15) is 24.8 Å². The summed E-state index contributed by atoms with van der Waals surface area (Å²) >= 11 is 0. The van der Waals surface area contributed by atoms with E-state index in [9.17, 15) is 0 Å². The summed E-state index contributed by atoms with van der Waals surface area (Å²) in [5.74, 6) is 0. The van der Waals surface area contributed by atoms with E-state index < -0.39 is 8.07 Å². The number of hydrogen-bond donors (Lipinski definition) is 0. The van der Waals surface area contributed by atoms with Gasteiger partial charge in [0.2, 0.25) is 0 Å². The first-order valence-electron chi connectivity index (χ1n) is 8.58. The predicted octanol–water partition coefficient (Wildman–Crippen LogP) is 3.78. The van der Waals surface area contributed by atoms with Crippen LogP contribution in [-0.4, -0.2) is 32.2 Å². The van der Waals surface area contributed by atoms with Crippen LogP contribution in [0, 0.1) is 0 Å². The lowest BCUT2D eigenvalue weighted by atomic mass is 10.1. The first-order valence-corrected chi connectivity index (χ1v) is 11.5. The Kier molecular flexibility index (Phi) is 5.11. The molecule has 22 heavy (non-hydrogen) atoms. The van der Waals surface area contributed by atoms with Gasteiger partial charge < -0.3 is 4.90 Å². The van der Waals surface area contributed by atoms with E-state index in [4.69, 9.17) is 0 Å². The molecule has 0 radical (unpaired) electrons. The smallest absolute Gasteiger partial charge is 0.102 e. The van der Waals surface area contributed by atoms with Gasteiger partial charge in [0.25, 0.3) is 0 Å². The van der Waals surface area contributed by atoms with Crippen LogP contribution < -0.4 is 5.19 Å². The van der Waals surface area contributed by atoms with Gasteiger partial charge in [-0.3, -0.25) is 0 Å². The third-order valence-corrected chi connectivity index (χ3v) is 8.99. The highest BCUT2D eigenvalue weighted by Crippen LogP contribution is 2.17. The lowest BCUT2D eigenvalue weighted by Gasteiger charge is -2.36. The fraction of sp³-hybridized carbons (Fsp3) is 0.400. The van der Waals surface area contributed by atoms with E-state index in [0.717, 1.165) is 0 Å². The number of nitrogens with zero attached hydrogens (tertiary/aromatic N) is 1. The van der Waals surface area contributed by atoms with Gasteiger partial charge in [-0.2, -0.15) is 0 Å². The number of rotatable bonds is 5. The molecular weight excluding hydrogens is 282 g/mol. The second-order valence-corrected chi connectivity index (χ2v) is 11.3. The molecule has 3 rings (SSSR count). The van der Waals surface area contributed by atoms with Crippen molar-refractivity contribution in [3.8, 4) is 0 Å². The van der Waals surface area contributed by atoms with Crippen LogP contribution in [0.5, 0.6) is 0 Å². The Morgan fingerprint density at radius 2 is 1.41 bits per heavy atom. The lowest BCUT2D eigenvalue weighted by molar-refractivity contribution is 0.259. The molecule has 0 bridgehead atoms. The van der Waals surface area contributed by atoms with E-state index in [1.165, 1.54) is 50.1 Å². The van der Waals surface area contributed by atoms with Crippen LogP contribution in [0.4, 0.5) is 0 Å². The Hall–Kier alpha value is -1.38. The molecule has 0 saturated carbocycles. The summed E-state index contributed by atoms with van der Waals surface area (Å²) < 4.78 is 0. The van der Waals surface area contributed by atoms with Crippen LogP contribution >= 0.6 is 0 Å². The van der Waals surface area contributed by atoms with Gasteiger partial charge in [0, 0.05) is 0 Å². The van der Waals surface area contributed by atoms with Gasteiger partial charge in [-0.25, -0.2) is 0 Å². The van der Waals surface area contributed by atoms with Crippen LogP contribution in [0.3, 0.4) is 0 Å². The van der Waals surface area contributed by atoms with E-state index in [0.29, 0.717) is 0 Å². The molecular formula is C20H27NSi. The number of hydrogen-bond acceptors (Lipinski definition) is 1. The molecule has 1 atom stereocenters. The van der Waals surface area contributed by atoms with Crippen LogP contribution in [0.2, 0.25) is 6.55 Å². The van der Waals surface area contributed by atoms with E-state index in [1.807, 2.05) is 0 Å². The number of piperidine rings is 1. The van der Waals surface area contributed by atoms with Crippen molar-refractivity contribution >= 4 is 13.3 Å². The highest BCUT2D eigenvalue weighted by molar-refractivity contribution is 6.90. The van der Waals surface area contributed by atoms with Crippen molar-refractivity contribution in [2.75, 3.05) is 19.3 Å². The second kappa shape index (κ2) is 7.25. The molecule has 1 aliphatic heterocycles. The third-order valence-electron chi connectivity index (χ3n) is 4.93. The van der Waals surface area contributed by atoms with Gasteiger partial charge in [0.1, 0.15) is 8.07 Å². The summed E-state index contributed by atoms with van der Waals surface area (Å²) in [7, 11) is -1.53. The molecule has 0 aromatic heterocycles. The predicted molar refractivity (Wildman–Crippen MR) is 98.1 cm³/mol. The van der Waals surface area contributed by atoms with Crippen molar-refractivity contribution in [3.05, 3.63) is 66.2 Å². The molecule has 1 saturated heterocycles. The first-order chi connectivity index (χ1) is 10.8. The van der Waals surface area contributed by atoms with E-state index in [1.54, 1.807) is 5.19 Å². The molecule has 1 aliphatic rings. The zero-order chi connectivity index (χ0) is 15.3. The Labute approximate surface area is 136 Å². The zero-order valence-corrected chi connectivity index (χ0v) is 14.7. The van der Waals surface area contributed by atoms with Crippen molar-refractivity contribution in [1.29, 1.82) is 0 Å². The summed E-state index contributed by atoms with van der Waals surface area (Å²) in [5, 5.41) is 1.60. The molecule has 0 unspecified atom stereocenters. The third kappa shape index (κ3) is 3.87. The molecule has 0 aliphatic carbocycles. The van der Waals surface area contributed by atoms with Crippen molar-refractivity contribution < 1.29 is 0 Å². The van der Waals surface area contributed by atoms with Crippen molar-refractivity contribution in [2.45, 2.75) is 31.9 Å². The quantitative estimate of drug-likeness (QED) is 0.760. The molecule has 0 amide bonds. The topological polar surface area (TPSA) is 3.24 Å². The Balaban J connectivity index is 1.84. The maximum Gasteiger partial charge on any atom is 0.102 e. The minimum absolute atomic E-state index is 1.24. The fourth-order valence-corrected chi connectivity index (χ4v) is 7.68. The van der Waals surface area contributed by atoms with Crippen LogP contribution in [0.15, 0.2) is 60.7 Å². The monoisotopic (exact) mass is 309 g/mol. The summed E-state index contributed by atoms with van der Waals surface area (Å²) in [6.07, 6.45) is 5.47. The average Bonchev–Trinajstić information content (AvgIpc) is 2.57. The van der Waals surface area contributed by atoms with Crippen molar-refractivity contribution in [2.24, 2.45) is 0 Å². The summed E-state index contributed by atoms with van der Waals surface area (Å²) in [6.45, 7) is 5.17. The van der Waals surface area contributed by atoms with E-state index >= 15 is 0 Å². The molecule has 2 aromatic rings. The van der Waals surface area contributed by atoms with Gasteiger partial charge in [-0.1, -0.05) is 84.4 Å². The Morgan fingerprint density at radius 3 is 2.05 bits per heavy atom. The maximum atomic E-state index is 2.73. The molecule has 1 fully saturated rings. The zero-order valence-electron chi connectivity index (χ0n) is 13.7. The summed E-state index contributed by atoms with van der Waals surface area (Å²) in [6, 6.07) is 23.6. The molecule has 0 spiro atoms. The number of benzene rings is 2. The van der Waals surface area contributed by atoms with E-state index in [-0.39, 0.29) is 0 Å². The first kappa shape index (κ1) is 15.5. The maximum absolute atomic E-state index is 2.73. The summed E-state index contributed by atoms with van der Waals surface area (Å²) in [5.41, 5.74) is 1.50. The lowest BCUT2D eigenvalue weighted by Crippen LogP contribution is -2.57. The molecule has 1 heterocycles. The van der Waals surface area contributed by atoms with Crippen LogP contribution in [0.25, 0.3) is 0 Å². The van der Waals surface area contributed by atoms with Gasteiger partial charge in [0.05, 0.1) is 0 Å². The SMILES string of the molecule is C[Si@](Cc1ccccc1)(CN1CCCCC1)c1ccccc1. The molecule has 2 heteroatoms. The van der Waals surface area contributed by atoms with Gasteiger partial charge in [-0.05, 0) is 38.1 Å². The Bertz CT molecular complexity index is 563. The normalized spacial score (nSPS) is 18.8. The fourth-order valence-electron chi connectivity index (χ4n) is 3.75. The van der Waals surface area contributed by atoms with Crippen molar-refractivity contribution in [3.63, 3.8) is 0 Å². The standard InChI is InChI=1S/C20H27NSi/c1-22(20-13-7-3-8-14-20,17-19-11-5-2-6-12-19)18-21-15-9-4-10-16-21/h2-3,5-8,11-14H,4,9-10,15-18H2,1H3/t22-/m0/s1. The van der Waals surface area contributed by atoms with E-state index in [2.05, 4.69) is 72.1 Å². The molecule has 116 valence electrons. The highest BCUT2D eigenvalue weighted by Gasteiger charge is 2.32. The minimum Gasteiger partial charge on any atom is -0.306 e. The largest absolute Gasteiger partial charge is 0.306 e. The van der Waals surface area contributed by atoms with Gasteiger partial charge in [-0.15, -0.1) is 0 Å².